The number of methoxy groups -OCH3 is 1. The van der Waals surface area contributed by atoms with Crippen molar-refractivity contribution in [3.63, 3.8) is 0 Å². The number of aromatic nitrogens is 2. The number of ether oxygens (including phenoxy) is 1. The summed E-state index contributed by atoms with van der Waals surface area (Å²) in [6.45, 7) is 3.15. The first kappa shape index (κ1) is 17.3. The Bertz CT molecular complexity index is 963. The highest BCUT2D eigenvalue weighted by molar-refractivity contribution is 5.94. The normalized spacial score (nSPS) is 15.9. The number of para-hydroxylation sites is 1. The van der Waals surface area contributed by atoms with Gasteiger partial charge in [-0.25, -0.2) is 4.68 Å². The van der Waals surface area contributed by atoms with Crippen LogP contribution < -0.4 is 15.4 Å². The molecule has 6 heteroatoms. The van der Waals surface area contributed by atoms with E-state index in [1.54, 1.807) is 11.8 Å². The molecule has 1 atom stereocenters. The van der Waals surface area contributed by atoms with Crippen LogP contribution in [-0.4, -0.2) is 29.3 Å². The van der Waals surface area contributed by atoms with Crippen LogP contribution in [0.3, 0.4) is 0 Å². The summed E-state index contributed by atoms with van der Waals surface area (Å²) in [5.41, 5.74) is 4.61. The fourth-order valence-electron chi connectivity index (χ4n) is 3.27. The molecule has 2 N–H and O–H groups in total. The highest BCUT2D eigenvalue weighted by atomic mass is 16.5. The summed E-state index contributed by atoms with van der Waals surface area (Å²) in [6, 6.07) is 17.9. The van der Waals surface area contributed by atoms with Crippen LogP contribution in [0.1, 0.15) is 27.8 Å². The van der Waals surface area contributed by atoms with E-state index >= 15 is 0 Å². The fraction of sp³-hybridized carbons (Fsp3) is 0.238. The molecule has 0 saturated heterocycles. The predicted octanol–water partition coefficient (Wildman–Crippen LogP) is 2.90. The van der Waals surface area contributed by atoms with Crippen LogP contribution in [0.4, 0.5) is 0 Å². The van der Waals surface area contributed by atoms with Crippen molar-refractivity contribution >= 4 is 5.91 Å². The number of carbonyl (C=O) groups is 1. The van der Waals surface area contributed by atoms with Gasteiger partial charge in [-0.3, -0.25) is 10.1 Å². The van der Waals surface area contributed by atoms with E-state index in [9.17, 15) is 4.79 Å². The number of fused-ring (bicyclic) bond motifs is 1. The molecule has 1 aromatic heterocycles. The van der Waals surface area contributed by atoms with Gasteiger partial charge in [-0.15, -0.1) is 0 Å². The van der Waals surface area contributed by atoms with E-state index in [4.69, 9.17) is 9.84 Å². The Balaban J connectivity index is 1.59. The van der Waals surface area contributed by atoms with Gasteiger partial charge in [-0.1, -0.05) is 48.0 Å². The molecule has 0 aliphatic carbocycles. The Hall–Kier alpha value is -3.12. The molecule has 4 rings (SSSR count). The Kier molecular flexibility index (Phi) is 4.64. The molecule has 27 heavy (non-hydrogen) atoms. The summed E-state index contributed by atoms with van der Waals surface area (Å²) < 4.78 is 7.19. The van der Waals surface area contributed by atoms with Crippen LogP contribution in [0.5, 0.6) is 5.75 Å². The third-order valence-electron chi connectivity index (χ3n) is 4.79. The molecule has 1 aliphatic heterocycles. The average molecular weight is 362 g/mol. The fourth-order valence-corrected chi connectivity index (χ4v) is 3.27. The van der Waals surface area contributed by atoms with E-state index in [1.807, 2.05) is 61.5 Å². The van der Waals surface area contributed by atoms with Crippen molar-refractivity contribution in [1.29, 1.82) is 0 Å². The highest BCUT2D eigenvalue weighted by Gasteiger charge is 2.27. The van der Waals surface area contributed by atoms with E-state index in [0.29, 0.717) is 18.8 Å². The molecule has 6 nitrogen and oxygen atoms in total. The van der Waals surface area contributed by atoms with Gasteiger partial charge in [0.2, 0.25) is 0 Å². The maximum atomic E-state index is 12.3. The zero-order chi connectivity index (χ0) is 18.8. The van der Waals surface area contributed by atoms with Gasteiger partial charge in [0.15, 0.2) is 0 Å². The highest BCUT2D eigenvalue weighted by Crippen LogP contribution is 2.24. The topological polar surface area (TPSA) is 68.2 Å². The second kappa shape index (κ2) is 7.25. The third-order valence-corrected chi connectivity index (χ3v) is 4.79. The Morgan fingerprint density at radius 2 is 2.00 bits per heavy atom. The minimum Gasteiger partial charge on any atom is -0.496 e. The van der Waals surface area contributed by atoms with Crippen molar-refractivity contribution in [1.82, 2.24) is 20.4 Å². The van der Waals surface area contributed by atoms with E-state index in [-0.39, 0.29) is 12.1 Å². The monoisotopic (exact) mass is 362 g/mol. The quantitative estimate of drug-likeness (QED) is 0.732. The molecule has 0 bridgehead atoms. The molecule has 3 aromatic rings. The minimum atomic E-state index is -0.123. The number of rotatable bonds is 5. The molecule has 1 amide bonds. The molecule has 0 radical (unpaired) electrons. The molecule has 138 valence electrons. The molecule has 2 aromatic carbocycles. The van der Waals surface area contributed by atoms with E-state index in [1.165, 1.54) is 5.56 Å². The summed E-state index contributed by atoms with van der Waals surface area (Å²) in [5.74, 6) is 0.738. The standard InChI is InChI=1S/C21H22N4O2/c1-14-7-9-15(10-8-14)17-11-18-21(26)23-13-20(25(18)24-17)22-12-16-5-3-4-6-19(16)27-2/h3-11,20,22H,12-13H2,1-2H3,(H,23,26)/t20-/m0/s1. The number of benzene rings is 2. The first-order valence-corrected chi connectivity index (χ1v) is 8.96. The van der Waals surface area contributed by atoms with Crippen LogP contribution in [0.2, 0.25) is 0 Å². The van der Waals surface area contributed by atoms with Gasteiger partial charge in [0.1, 0.15) is 17.6 Å². The van der Waals surface area contributed by atoms with Crippen molar-refractivity contribution in [3.05, 3.63) is 71.4 Å². The SMILES string of the molecule is COc1ccccc1CN[C@@H]1CNC(=O)c2cc(-c3ccc(C)cc3)nn21. The van der Waals surface area contributed by atoms with E-state index in [0.717, 1.165) is 22.6 Å². The largest absolute Gasteiger partial charge is 0.496 e. The van der Waals surface area contributed by atoms with Crippen LogP contribution >= 0.6 is 0 Å². The summed E-state index contributed by atoms with van der Waals surface area (Å²) in [5, 5.41) is 11.1. The van der Waals surface area contributed by atoms with Gasteiger partial charge in [0, 0.05) is 17.7 Å². The lowest BCUT2D eigenvalue weighted by atomic mass is 10.1. The summed E-state index contributed by atoms with van der Waals surface area (Å²) in [7, 11) is 1.67. The Morgan fingerprint density at radius 1 is 1.22 bits per heavy atom. The Labute approximate surface area is 158 Å². The number of nitrogens with zero attached hydrogens (tertiary/aromatic N) is 2. The maximum Gasteiger partial charge on any atom is 0.269 e. The van der Waals surface area contributed by atoms with Gasteiger partial charge in [-0.2, -0.15) is 5.10 Å². The molecule has 0 saturated carbocycles. The van der Waals surface area contributed by atoms with Crippen molar-refractivity contribution in [2.45, 2.75) is 19.6 Å². The van der Waals surface area contributed by atoms with Gasteiger partial charge in [0.05, 0.1) is 19.3 Å². The number of hydrogen-bond acceptors (Lipinski definition) is 4. The van der Waals surface area contributed by atoms with Crippen molar-refractivity contribution < 1.29 is 9.53 Å². The van der Waals surface area contributed by atoms with Gasteiger partial charge >= 0.3 is 0 Å². The first-order valence-electron chi connectivity index (χ1n) is 8.96. The predicted molar refractivity (Wildman–Crippen MR) is 104 cm³/mol. The van der Waals surface area contributed by atoms with E-state index in [2.05, 4.69) is 10.6 Å². The number of amides is 1. The number of nitrogens with one attached hydrogen (secondary N) is 2. The first-order chi connectivity index (χ1) is 13.2. The molecule has 1 aliphatic rings. The molecular weight excluding hydrogens is 340 g/mol. The van der Waals surface area contributed by atoms with E-state index < -0.39 is 0 Å². The lowest BCUT2D eigenvalue weighted by Gasteiger charge is -2.26. The lowest BCUT2D eigenvalue weighted by Crippen LogP contribution is -2.45. The zero-order valence-corrected chi connectivity index (χ0v) is 15.4. The van der Waals surface area contributed by atoms with Crippen LogP contribution in [0.15, 0.2) is 54.6 Å². The smallest absolute Gasteiger partial charge is 0.269 e. The average Bonchev–Trinajstić information content (AvgIpc) is 3.15. The number of aryl methyl sites for hydroxylation is 1. The second-order valence-corrected chi connectivity index (χ2v) is 6.64. The number of carbonyl (C=O) groups excluding carboxylic acids is 1. The molecule has 2 heterocycles. The van der Waals surface area contributed by atoms with Crippen LogP contribution in [0, 0.1) is 6.92 Å². The maximum absolute atomic E-state index is 12.3. The molecule has 0 unspecified atom stereocenters. The lowest BCUT2D eigenvalue weighted by molar-refractivity contribution is 0.0900. The minimum absolute atomic E-state index is 0.101. The van der Waals surface area contributed by atoms with Gasteiger partial charge in [-0.05, 0) is 19.1 Å². The van der Waals surface area contributed by atoms with Crippen LogP contribution in [-0.2, 0) is 6.54 Å². The molecule has 0 spiro atoms. The van der Waals surface area contributed by atoms with Gasteiger partial charge < -0.3 is 10.1 Å². The summed E-state index contributed by atoms with van der Waals surface area (Å²) in [6.07, 6.45) is -0.123. The summed E-state index contributed by atoms with van der Waals surface area (Å²) in [4.78, 5) is 12.3. The zero-order valence-electron chi connectivity index (χ0n) is 15.4. The second-order valence-electron chi connectivity index (χ2n) is 6.64. The van der Waals surface area contributed by atoms with Crippen molar-refractivity contribution in [3.8, 4) is 17.0 Å². The van der Waals surface area contributed by atoms with Crippen molar-refractivity contribution in [2.75, 3.05) is 13.7 Å². The Morgan fingerprint density at radius 3 is 2.78 bits per heavy atom. The van der Waals surface area contributed by atoms with Crippen molar-refractivity contribution in [2.24, 2.45) is 0 Å². The molecule has 0 fully saturated rings. The third kappa shape index (κ3) is 3.44. The number of hydrogen-bond donors (Lipinski definition) is 2. The van der Waals surface area contributed by atoms with Crippen LogP contribution in [0.25, 0.3) is 11.3 Å². The summed E-state index contributed by atoms with van der Waals surface area (Å²) >= 11 is 0. The molecular formula is C21H22N4O2. The van der Waals surface area contributed by atoms with Gasteiger partial charge in [0.25, 0.3) is 5.91 Å².